The molecule has 0 aromatic heterocycles. The van der Waals surface area contributed by atoms with Gasteiger partial charge in [0.15, 0.2) is 0 Å². The zero-order valence-corrected chi connectivity index (χ0v) is 8.61. The molecule has 0 heterocycles. The highest BCUT2D eigenvalue weighted by atomic mass is 16.6. The Morgan fingerprint density at radius 2 is 1.79 bits per heavy atom. The van der Waals surface area contributed by atoms with Crippen molar-refractivity contribution in [2.45, 2.75) is 45.1 Å². The standard InChI is InChI=1S/C11H17NO2/c1-11-5-7-2-8(6-11)4-9(3-7)10(11)12(13)14/h7-10H,2-6H2,1H3. The highest BCUT2D eigenvalue weighted by Gasteiger charge is 2.60. The lowest BCUT2D eigenvalue weighted by atomic mass is 9.48. The predicted molar refractivity (Wildman–Crippen MR) is 52.4 cm³/mol. The molecule has 78 valence electrons. The van der Waals surface area contributed by atoms with E-state index in [9.17, 15) is 10.1 Å². The van der Waals surface area contributed by atoms with Gasteiger partial charge in [-0.25, -0.2) is 0 Å². The summed E-state index contributed by atoms with van der Waals surface area (Å²) in [5.74, 6) is 2.03. The second-order valence-corrected chi connectivity index (χ2v) is 5.99. The molecule has 3 heteroatoms. The zero-order chi connectivity index (χ0) is 9.92. The lowest BCUT2D eigenvalue weighted by molar-refractivity contribution is -0.564. The van der Waals surface area contributed by atoms with Gasteiger partial charge in [0.05, 0.1) is 0 Å². The van der Waals surface area contributed by atoms with Crippen molar-refractivity contribution in [1.29, 1.82) is 0 Å². The predicted octanol–water partition coefficient (Wildman–Crippen LogP) is 2.48. The summed E-state index contributed by atoms with van der Waals surface area (Å²) in [4.78, 5) is 11.1. The largest absolute Gasteiger partial charge is 0.264 e. The second kappa shape index (κ2) is 2.50. The fourth-order valence-corrected chi connectivity index (χ4v) is 4.85. The molecule has 0 amide bonds. The summed E-state index contributed by atoms with van der Waals surface area (Å²) in [7, 11) is 0. The molecule has 0 saturated heterocycles. The van der Waals surface area contributed by atoms with Gasteiger partial charge < -0.3 is 0 Å². The Kier molecular flexibility index (Phi) is 1.55. The molecule has 4 bridgehead atoms. The maximum absolute atomic E-state index is 11.1. The van der Waals surface area contributed by atoms with Gasteiger partial charge in [-0.1, -0.05) is 6.92 Å². The summed E-state index contributed by atoms with van der Waals surface area (Å²) in [6.07, 6.45) is 5.86. The van der Waals surface area contributed by atoms with Crippen molar-refractivity contribution in [2.24, 2.45) is 23.2 Å². The van der Waals surface area contributed by atoms with Gasteiger partial charge >= 0.3 is 0 Å². The smallest absolute Gasteiger partial charge is 0.221 e. The molecule has 0 N–H and O–H groups in total. The first-order valence-corrected chi connectivity index (χ1v) is 5.72. The number of nitrogens with zero attached hydrogens (tertiary/aromatic N) is 1. The average molecular weight is 195 g/mol. The van der Waals surface area contributed by atoms with Crippen molar-refractivity contribution in [3.8, 4) is 0 Å². The summed E-state index contributed by atoms with van der Waals surface area (Å²) in [6, 6.07) is -0.227. The molecule has 4 aliphatic carbocycles. The van der Waals surface area contributed by atoms with Gasteiger partial charge in [0, 0.05) is 16.3 Å². The highest BCUT2D eigenvalue weighted by Crippen LogP contribution is 2.60. The molecule has 4 saturated carbocycles. The summed E-state index contributed by atoms with van der Waals surface area (Å²) >= 11 is 0. The number of hydrogen-bond acceptors (Lipinski definition) is 2. The summed E-state index contributed by atoms with van der Waals surface area (Å²) < 4.78 is 0. The van der Waals surface area contributed by atoms with Crippen molar-refractivity contribution in [3.05, 3.63) is 10.1 Å². The Balaban J connectivity index is 1.97. The van der Waals surface area contributed by atoms with Gasteiger partial charge in [0.2, 0.25) is 6.04 Å². The van der Waals surface area contributed by atoms with E-state index in [4.69, 9.17) is 0 Å². The van der Waals surface area contributed by atoms with Crippen LogP contribution in [0.4, 0.5) is 0 Å². The fraction of sp³-hybridized carbons (Fsp3) is 1.00. The van der Waals surface area contributed by atoms with E-state index in [-0.39, 0.29) is 16.4 Å². The van der Waals surface area contributed by atoms with Gasteiger partial charge in [-0.15, -0.1) is 0 Å². The number of rotatable bonds is 1. The minimum Gasteiger partial charge on any atom is -0.264 e. The van der Waals surface area contributed by atoms with Crippen molar-refractivity contribution in [1.82, 2.24) is 0 Å². The Morgan fingerprint density at radius 1 is 1.21 bits per heavy atom. The van der Waals surface area contributed by atoms with Crippen LogP contribution in [0.15, 0.2) is 0 Å². The highest BCUT2D eigenvalue weighted by molar-refractivity contribution is 5.04. The molecular weight excluding hydrogens is 178 g/mol. The Hall–Kier alpha value is -0.600. The van der Waals surface area contributed by atoms with E-state index in [0.29, 0.717) is 5.92 Å². The molecule has 0 spiro atoms. The first-order chi connectivity index (χ1) is 6.58. The molecule has 14 heavy (non-hydrogen) atoms. The third-order valence-corrected chi connectivity index (χ3v) is 4.84. The van der Waals surface area contributed by atoms with Crippen molar-refractivity contribution in [2.75, 3.05) is 0 Å². The maximum Gasteiger partial charge on any atom is 0.221 e. The molecule has 0 aliphatic heterocycles. The minimum atomic E-state index is -0.227. The van der Waals surface area contributed by atoms with E-state index >= 15 is 0 Å². The molecule has 4 rings (SSSR count). The third-order valence-electron chi connectivity index (χ3n) is 4.84. The van der Waals surface area contributed by atoms with Crippen LogP contribution in [0.2, 0.25) is 0 Å². The van der Waals surface area contributed by atoms with Crippen molar-refractivity contribution in [3.63, 3.8) is 0 Å². The Morgan fingerprint density at radius 3 is 2.21 bits per heavy atom. The fourth-order valence-electron chi connectivity index (χ4n) is 4.85. The average Bonchev–Trinajstić information content (AvgIpc) is 1.97. The van der Waals surface area contributed by atoms with Crippen LogP contribution in [0.25, 0.3) is 0 Å². The Labute approximate surface area is 84.0 Å². The molecule has 3 atom stereocenters. The van der Waals surface area contributed by atoms with Crippen LogP contribution in [0, 0.1) is 33.3 Å². The van der Waals surface area contributed by atoms with Gasteiger partial charge in [0.25, 0.3) is 0 Å². The van der Waals surface area contributed by atoms with E-state index in [1.54, 1.807) is 0 Å². The molecule has 4 fully saturated rings. The quantitative estimate of drug-likeness (QED) is 0.476. The molecule has 3 nitrogen and oxygen atoms in total. The van der Waals surface area contributed by atoms with Gasteiger partial charge in [-0.05, 0) is 43.9 Å². The maximum atomic E-state index is 11.1. The van der Waals surface area contributed by atoms with E-state index in [1.165, 1.54) is 6.42 Å². The Bertz CT molecular complexity index is 275. The number of nitro groups is 1. The molecule has 3 unspecified atom stereocenters. The normalized spacial score (nSPS) is 54.9. The van der Waals surface area contributed by atoms with Crippen LogP contribution in [0.1, 0.15) is 39.0 Å². The van der Waals surface area contributed by atoms with Crippen LogP contribution in [0.3, 0.4) is 0 Å². The van der Waals surface area contributed by atoms with Crippen LogP contribution in [-0.2, 0) is 0 Å². The van der Waals surface area contributed by atoms with E-state index in [2.05, 4.69) is 6.92 Å². The third kappa shape index (κ3) is 0.984. The molecular formula is C11H17NO2. The first-order valence-electron chi connectivity index (χ1n) is 5.72. The molecule has 0 radical (unpaired) electrons. The van der Waals surface area contributed by atoms with Crippen LogP contribution < -0.4 is 0 Å². The van der Waals surface area contributed by atoms with Crippen molar-refractivity contribution < 1.29 is 4.92 Å². The second-order valence-electron chi connectivity index (χ2n) is 5.99. The van der Waals surface area contributed by atoms with Gasteiger partial charge in [-0.3, -0.25) is 10.1 Å². The van der Waals surface area contributed by atoms with Crippen LogP contribution in [-0.4, -0.2) is 11.0 Å². The summed E-state index contributed by atoms with van der Waals surface area (Å²) in [5.41, 5.74) is 0.0399. The lowest BCUT2D eigenvalue weighted by Gasteiger charge is -2.55. The van der Waals surface area contributed by atoms with E-state index in [1.807, 2.05) is 0 Å². The molecule has 0 aromatic carbocycles. The minimum absolute atomic E-state index is 0.0163. The molecule has 4 aliphatic rings. The van der Waals surface area contributed by atoms with Crippen molar-refractivity contribution >= 4 is 0 Å². The van der Waals surface area contributed by atoms with Crippen LogP contribution in [0.5, 0.6) is 0 Å². The first kappa shape index (κ1) is 8.69. The van der Waals surface area contributed by atoms with Gasteiger partial charge in [-0.2, -0.15) is 0 Å². The van der Waals surface area contributed by atoms with Crippen LogP contribution >= 0.6 is 0 Å². The SMILES string of the molecule is CC12CC3CC(CC(C3)C1[N+](=O)[O-])C2. The zero-order valence-electron chi connectivity index (χ0n) is 8.61. The number of hydrogen-bond donors (Lipinski definition) is 0. The monoisotopic (exact) mass is 195 g/mol. The van der Waals surface area contributed by atoms with Gasteiger partial charge in [0.1, 0.15) is 0 Å². The topological polar surface area (TPSA) is 43.1 Å². The lowest BCUT2D eigenvalue weighted by Crippen LogP contribution is -2.57. The van der Waals surface area contributed by atoms with E-state index in [0.717, 1.165) is 37.5 Å². The van der Waals surface area contributed by atoms with E-state index < -0.39 is 0 Å². The summed E-state index contributed by atoms with van der Waals surface area (Å²) in [6.45, 7) is 2.16. The molecule has 0 aromatic rings. The summed E-state index contributed by atoms with van der Waals surface area (Å²) in [5, 5.41) is 11.1.